The van der Waals surface area contributed by atoms with Gasteiger partial charge in [0.05, 0.1) is 11.6 Å². The Hall–Kier alpha value is -1.45. The molecule has 2 heterocycles. The molecule has 0 fully saturated rings. The highest BCUT2D eigenvalue weighted by Crippen LogP contribution is 2.14. The van der Waals surface area contributed by atoms with Crippen LogP contribution in [0.1, 0.15) is 0 Å². The van der Waals surface area contributed by atoms with Gasteiger partial charge in [-0.05, 0) is 6.07 Å². The van der Waals surface area contributed by atoms with E-state index in [1.165, 1.54) is 0 Å². The molecule has 2 aromatic rings. The van der Waals surface area contributed by atoms with E-state index in [-0.39, 0.29) is 5.39 Å². The van der Waals surface area contributed by atoms with E-state index >= 15 is 0 Å². The third-order valence-electron chi connectivity index (χ3n) is 1.45. The van der Waals surface area contributed by atoms with Crippen LogP contribution in [-0.4, -0.2) is 9.97 Å². The Morgan fingerprint density at radius 1 is 1.36 bits per heavy atom. The van der Waals surface area contributed by atoms with Crippen LogP contribution < -0.4 is 0 Å². The van der Waals surface area contributed by atoms with Crippen LogP contribution in [-0.2, 0) is 0 Å². The molecular weight excluding hydrogens is 150 g/mol. The fourth-order valence-electron chi connectivity index (χ4n) is 0.946. The molecule has 0 aliphatic carbocycles. The summed E-state index contributed by atoms with van der Waals surface area (Å²) in [5, 5.41) is 0.185. The Bertz CT molecular complexity index is 394. The van der Waals surface area contributed by atoms with E-state index in [9.17, 15) is 8.78 Å². The molecule has 2 nitrogen and oxygen atoms in total. The molecule has 2 rings (SSSR count). The number of hydrogen-bond acceptors (Lipinski definition) is 1. The molecule has 56 valence electrons. The van der Waals surface area contributed by atoms with Crippen molar-refractivity contribution < 1.29 is 8.78 Å². The van der Waals surface area contributed by atoms with E-state index in [1.54, 1.807) is 0 Å². The van der Waals surface area contributed by atoms with Gasteiger partial charge >= 0.3 is 0 Å². The molecule has 0 bridgehead atoms. The minimum Gasteiger partial charge on any atom is -0.343 e. The number of pyridine rings is 1. The van der Waals surface area contributed by atoms with E-state index in [1.807, 2.05) is 0 Å². The highest BCUT2D eigenvalue weighted by Gasteiger charge is 2.03. The van der Waals surface area contributed by atoms with E-state index in [2.05, 4.69) is 9.97 Å². The van der Waals surface area contributed by atoms with Crippen molar-refractivity contribution in [1.82, 2.24) is 9.97 Å². The van der Waals surface area contributed by atoms with Crippen LogP contribution in [0.15, 0.2) is 18.5 Å². The first kappa shape index (κ1) is 6.27. The molecule has 0 saturated carbocycles. The number of fused-ring (bicyclic) bond motifs is 1. The summed E-state index contributed by atoms with van der Waals surface area (Å²) < 4.78 is 25.1. The molecule has 0 aliphatic heterocycles. The molecule has 0 spiro atoms. The van der Waals surface area contributed by atoms with Crippen LogP contribution in [0.3, 0.4) is 0 Å². The summed E-state index contributed by atoms with van der Waals surface area (Å²) in [6.45, 7) is 0. The second-order valence-electron chi connectivity index (χ2n) is 2.19. The molecule has 0 unspecified atom stereocenters. The number of aromatic nitrogens is 2. The Morgan fingerprint density at radius 2 is 2.18 bits per heavy atom. The molecule has 0 aliphatic rings. The number of nitrogens with one attached hydrogen (secondary N) is 1. The number of aromatic amines is 1. The standard InChI is InChI=1S/C7H4F2N2/c8-4-1-5-6(9)3-11-7(5)10-2-4/h1-3H,(H,10,11). The lowest BCUT2D eigenvalue weighted by Crippen LogP contribution is -1.79. The first-order valence-corrected chi connectivity index (χ1v) is 3.05. The second-order valence-corrected chi connectivity index (χ2v) is 2.19. The van der Waals surface area contributed by atoms with Crippen molar-refractivity contribution in [2.24, 2.45) is 0 Å². The normalized spacial score (nSPS) is 10.7. The van der Waals surface area contributed by atoms with Crippen LogP contribution in [0.2, 0.25) is 0 Å². The number of halogens is 2. The smallest absolute Gasteiger partial charge is 0.150 e. The summed E-state index contributed by atoms with van der Waals surface area (Å²) >= 11 is 0. The third-order valence-corrected chi connectivity index (χ3v) is 1.45. The van der Waals surface area contributed by atoms with Crippen molar-refractivity contribution in [3.8, 4) is 0 Å². The predicted octanol–water partition coefficient (Wildman–Crippen LogP) is 1.84. The Morgan fingerprint density at radius 3 is 3.00 bits per heavy atom. The lowest BCUT2D eigenvalue weighted by atomic mass is 10.3. The highest BCUT2D eigenvalue weighted by molar-refractivity contribution is 5.75. The third kappa shape index (κ3) is 0.869. The summed E-state index contributed by atoms with van der Waals surface area (Å²) in [5.41, 5.74) is 0.365. The monoisotopic (exact) mass is 154 g/mol. The zero-order valence-electron chi connectivity index (χ0n) is 5.44. The molecule has 0 amide bonds. The van der Waals surface area contributed by atoms with Crippen LogP contribution in [0.25, 0.3) is 11.0 Å². The maximum absolute atomic E-state index is 12.7. The van der Waals surface area contributed by atoms with Gasteiger partial charge in [-0.15, -0.1) is 0 Å². The van der Waals surface area contributed by atoms with Crippen molar-refractivity contribution in [1.29, 1.82) is 0 Å². The van der Waals surface area contributed by atoms with Gasteiger partial charge in [0, 0.05) is 6.20 Å². The Balaban J connectivity index is 2.87. The molecule has 2 aromatic heterocycles. The quantitative estimate of drug-likeness (QED) is 0.616. The number of hydrogen-bond donors (Lipinski definition) is 1. The molecule has 0 radical (unpaired) electrons. The largest absolute Gasteiger partial charge is 0.343 e. The zero-order chi connectivity index (χ0) is 7.84. The fourth-order valence-corrected chi connectivity index (χ4v) is 0.946. The minimum atomic E-state index is -0.531. The molecule has 11 heavy (non-hydrogen) atoms. The topological polar surface area (TPSA) is 28.7 Å². The second kappa shape index (κ2) is 2.02. The van der Waals surface area contributed by atoms with E-state index < -0.39 is 11.6 Å². The molecule has 0 saturated heterocycles. The van der Waals surface area contributed by atoms with Gasteiger partial charge in [0.2, 0.25) is 0 Å². The van der Waals surface area contributed by atoms with Crippen molar-refractivity contribution in [2.75, 3.05) is 0 Å². The van der Waals surface area contributed by atoms with E-state index in [4.69, 9.17) is 0 Å². The summed E-state index contributed by atoms with van der Waals surface area (Å²) in [6, 6.07) is 1.11. The summed E-state index contributed by atoms with van der Waals surface area (Å²) in [7, 11) is 0. The minimum absolute atomic E-state index is 0.185. The molecule has 0 aromatic carbocycles. The van der Waals surface area contributed by atoms with Crippen LogP contribution in [0, 0.1) is 11.6 Å². The van der Waals surface area contributed by atoms with Gasteiger partial charge in [0.1, 0.15) is 17.3 Å². The van der Waals surface area contributed by atoms with Gasteiger partial charge in [-0.25, -0.2) is 13.8 Å². The van der Waals surface area contributed by atoms with Crippen molar-refractivity contribution in [2.45, 2.75) is 0 Å². The van der Waals surface area contributed by atoms with Crippen LogP contribution in [0.5, 0.6) is 0 Å². The molecule has 4 heteroatoms. The Labute approximate surface area is 60.9 Å². The number of nitrogens with zero attached hydrogens (tertiary/aromatic N) is 1. The molecule has 1 N–H and O–H groups in total. The summed E-state index contributed by atoms with van der Waals surface area (Å²) in [4.78, 5) is 6.19. The van der Waals surface area contributed by atoms with Gasteiger partial charge in [0.25, 0.3) is 0 Å². The van der Waals surface area contributed by atoms with Gasteiger partial charge < -0.3 is 4.98 Å². The predicted molar refractivity (Wildman–Crippen MR) is 36.0 cm³/mol. The van der Waals surface area contributed by atoms with Gasteiger partial charge in [-0.2, -0.15) is 0 Å². The lowest BCUT2D eigenvalue weighted by Gasteiger charge is -1.87. The maximum Gasteiger partial charge on any atom is 0.150 e. The SMILES string of the molecule is Fc1cnc2[nH]cc(F)c2c1. The van der Waals surface area contributed by atoms with Gasteiger partial charge in [-0.3, -0.25) is 0 Å². The lowest BCUT2D eigenvalue weighted by molar-refractivity contribution is 0.618. The fraction of sp³-hybridized carbons (Fsp3) is 0. The average Bonchev–Trinajstić information content (AvgIpc) is 2.33. The highest BCUT2D eigenvalue weighted by atomic mass is 19.1. The molecular formula is C7H4F2N2. The first-order chi connectivity index (χ1) is 5.27. The molecule has 0 atom stereocenters. The van der Waals surface area contributed by atoms with Crippen molar-refractivity contribution in [3.63, 3.8) is 0 Å². The van der Waals surface area contributed by atoms with E-state index in [0.717, 1.165) is 18.5 Å². The van der Waals surface area contributed by atoms with Crippen LogP contribution in [0.4, 0.5) is 8.78 Å². The van der Waals surface area contributed by atoms with Crippen molar-refractivity contribution in [3.05, 3.63) is 30.1 Å². The van der Waals surface area contributed by atoms with E-state index in [0.29, 0.717) is 5.65 Å². The number of H-pyrrole nitrogens is 1. The van der Waals surface area contributed by atoms with Crippen molar-refractivity contribution >= 4 is 11.0 Å². The Kier molecular flexibility index (Phi) is 1.15. The average molecular weight is 154 g/mol. The number of rotatable bonds is 0. The van der Waals surface area contributed by atoms with Gasteiger partial charge in [0.15, 0.2) is 0 Å². The summed E-state index contributed by atoms with van der Waals surface area (Å²) in [6.07, 6.45) is 2.19. The van der Waals surface area contributed by atoms with Crippen LogP contribution >= 0.6 is 0 Å². The zero-order valence-corrected chi connectivity index (χ0v) is 5.44. The first-order valence-electron chi connectivity index (χ1n) is 3.05. The van der Waals surface area contributed by atoms with Gasteiger partial charge in [-0.1, -0.05) is 0 Å². The summed E-state index contributed by atoms with van der Waals surface area (Å²) in [5.74, 6) is -1.01. The maximum atomic E-state index is 12.7.